The standard InChI is InChI=1S/C12H12O3/c1-2-5-11(6-3-1)9-14-15-10-12-7-4-8-13-12/h1-8H,9-10H2. The quantitative estimate of drug-likeness (QED) is 0.426. The second-order valence-corrected chi connectivity index (χ2v) is 3.09. The lowest BCUT2D eigenvalue weighted by atomic mass is 10.2. The number of hydrogen-bond donors (Lipinski definition) is 0. The monoisotopic (exact) mass is 204 g/mol. The normalized spacial score (nSPS) is 10.4. The van der Waals surface area contributed by atoms with Crippen molar-refractivity contribution in [1.29, 1.82) is 0 Å². The van der Waals surface area contributed by atoms with E-state index in [0.29, 0.717) is 13.2 Å². The second kappa shape index (κ2) is 5.34. The average molecular weight is 204 g/mol. The molecule has 0 saturated heterocycles. The van der Waals surface area contributed by atoms with Crippen LogP contribution in [-0.2, 0) is 23.0 Å². The molecule has 1 aromatic carbocycles. The van der Waals surface area contributed by atoms with Gasteiger partial charge < -0.3 is 4.42 Å². The molecule has 0 aliphatic carbocycles. The summed E-state index contributed by atoms with van der Waals surface area (Å²) in [6.45, 7) is 0.779. The van der Waals surface area contributed by atoms with E-state index < -0.39 is 0 Å². The molecule has 2 rings (SSSR count). The molecule has 0 fully saturated rings. The van der Waals surface area contributed by atoms with Crippen LogP contribution in [0.25, 0.3) is 0 Å². The molecule has 1 heterocycles. The van der Waals surface area contributed by atoms with Gasteiger partial charge in [0.25, 0.3) is 0 Å². The zero-order valence-corrected chi connectivity index (χ0v) is 8.26. The fourth-order valence-corrected chi connectivity index (χ4v) is 1.18. The lowest BCUT2D eigenvalue weighted by molar-refractivity contribution is -0.315. The molecule has 0 amide bonds. The molecule has 3 nitrogen and oxygen atoms in total. The van der Waals surface area contributed by atoms with E-state index in [1.807, 2.05) is 42.5 Å². The Morgan fingerprint density at radius 2 is 1.67 bits per heavy atom. The largest absolute Gasteiger partial charge is 0.467 e. The third-order valence-corrected chi connectivity index (χ3v) is 1.93. The van der Waals surface area contributed by atoms with E-state index in [9.17, 15) is 0 Å². The molecule has 15 heavy (non-hydrogen) atoms. The molecular weight excluding hydrogens is 192 g/mol. The van der Waals surface area contributed by atoms with Crippen LogP contribution in [0.1, 0.15) is 11.3 Å². The van der Waals surface area contributed by atoms with Crippen LogP contribution in [0.3, 0.4) is 0 Å². The van der Waals surface area contributed by atoms with Gasteiger partial charge in [0.1, 0.15) is 19.0 Å². The van der Waals surface area contributed by atoms with Gasteiger partial charge in [-0.25, -0.2) is 9.78 Å². The smallest absolute Gasteiger partial charge is 0.140 e. The van der Waals surface area contributed by atoms with Crippen molar-refractivity contribution >= 4 is 0 Å². The first-order valence-electron chi connectivity index (χ1n) is 4.76. The lowest BCUT2D eigenvalue weighted by Gasteiger charge is -2.02. The number of hydrogen-bond acceptors (Lipinski definition) is 3. The van der Waals surface area contributed by atoms with Crippen LogP contribution < -0.4 is 0 Å². The first-order valence-corrected chi connectivity index (χ1v) is 4.76. The predicted molar refractivity (Wildman–Crippen MR) is 54.7 cm³/mol. The van der Waals surface area contributed by atoms with Crippen LogP contribution >= 0.6 is 0 Å². The highest BCUT2D eigenvalue weighted by atomic mass is 17.2. The van der Waals surface area contributed by atoms with Gasteiger partial charge in [0, 0.05) is 0 Å². The van der Waals surface area contributed by atoms with E-state index in [4.69, 9.17) is 14.2 Å². The summed E-state index contributed by atoms with van der Waals surface area (Å²) in [7, 11) is 0. The SMILES string of the molecule is c1ccc(COOCc2ccco2)cc1. The summed E-state index contributed by atoms with van der Waals surface area (Å²) in [5.41, 5.74) is 1.08. The van der Waals surface area contributed by atoms with Gasteiger partial charge >= 0.3 is 0 Å². The van der Waals surface area contributed by atoms with Gasteiger partial charge in [-0.05, 0) is 17.7 Å². The van der Waals surface area contributed by atoms with Crippen LogP contribution in [0.2, 0.25) is 0 Å². The molecular formula is C12H12O3. The summed E-state index contributed by atoms with van der Waals surface area (Å²) in [6, 6.07) is 13.5. The molecule has 1 aromatic heterocycles. The molecule has 0 bridgehead atoms. The summed E-state index contributed by atoms with van der Waals surface area (Å²) in [5.74, 6) is 0.753. The molecule has 0 unspecified atom stereocenters. The summed E-state index contributed by atoms with van der Waals surface area (Å²) < 4.78 is 5.08. The molecule has 0 N–H and O–H groups in total. The fraction of sp³-hybridized carbons (Fsp3) is 0.167. The second-order valence-electron chi connectivity index (χ2n) is 3.09. The Labute approximate surface area is 88.2 Å². The summed E-state index contributed by atoms with van der Waals surface area (Å²) in [5, 5.41) is 0. The van der Waals surface area contributed by atoms with Crippen LogP contribution in [0, 0.1) is 0 Å². The van der Waals surface area contributed by atoms with E-state index in [2.05, 4.69) is 0 Å². The summed E-state index contributed by atoms with van der Waals surface area (Å²) in [6.07, 6.45) is 1.61. The average Bonchev–Trinajstić information content (AvgIpc) is 2.79. The Kier molecular flexibility index (Phi) is 3.54. The van der Waals surface area contributed by atoms with Gasteiger partial charge in [-0.2, -0.15) is 0 Å². The Balaban J connectivity index is 1.68. The predicted octanol–water partition coefficient (Wildman–Crippen LogP) is 2.93. The maximum atomic E-state index is 5.08. The van der Waals surface area contributed by atoms with Crippen molar-refractivity contribution in [2.45, 2.75) is 13.2 Å². The van der Waals surface area contributed by atoms with Crippen molar-refractivity contribution < 1.29 is 14.2 Å². The van der Waals surface area contributed by atoms with Gasteiger partial charge in [-0.1, -0.05) is 30.3 Å². The molecule has 3 heteroatoms. The van der Waals surface area contributed by atoms with E-state index in [0.717, 1.165) is 11.3 Å². The Morgan fingerprint density at radius 3 is 2.40 bits per heavy atom. The summed E-state index contributed by atoms with van der Waals surface area (Å²) >= 11 is 0. The highest BCUT2D eigenvalue weighted by Crippen LogP contribution is 2.04. The van der Waals surface area contributed by atoms with Crippen molar-refractivity contribution in [3.63, 3.8) is 0 Å². The number of benzene rings is 1. The molecule has 0 aliphatic rings. The third kappa shape index (κ3) is 3.23. The van der Waals surface area contributed by atoms with E-state index >= 15 is 0 Å². The van der Waals surface area contributed by atoms with Gasteiger partial charge in [0.05, 0.1) is 6.26 Å². The highest BCUT2D eigenvalue weighted by Gasteiger charge is 1.96. The molecule has 0 aliphatic heterocycles. The number of furan rings is 1. The zero-order chi connectivity index (χ0) is 10.3. The van der Waals surface area contributed by atoms with Crippen LogP contribution in [0.15, 0.2) is 53.1 Å². The van der Waals surface area contributed by atoms with Crippen molar-refractivity contribution in [1.82, 2.24) is 0 Å². The van der Waals surface area contributed by atoms with E-state index in [1.165, 1.54) is 0 Å². The van der Waals surface area contributed by atoms with Gasteiger partial charge in [-0.15, -0.1) is 0 Å². The van der Waals surface area contributed by atoms with Crippen molar-refractivity contribution in [2.24, 2.45) is 0 Å². The minimum atomic E-state index is 0.333. The van der Waals surface area contributed by atoms with Crippen molar-refractivity contribution in [2.75, 3.05) is 0 Å². The molecule has 2 aromatic rings. The molecule has 0 radical (unpaired) electrons. The van der Waals surface area contributed by atoms with Crippen LogP contribution in [0.5, 0.6) is 0 Å². The van der Waals surface area contributed by atoms with E-state index in [1.54, 1.807) is 6.26 Å². The van der Waals surface area contributed by atoms with Gasteiger partial charge in [-0.3, -0.25) is 0 Å². The molecule has 0 atom stereocenters. The molecule has 0 spiro atoms. The molecule has 78 valence electrons. The van der Waals surface area contributed by atoms with Gasteiger partial charge in [0.2, 0.25) is 0 Å². The Morgan fingerprint density at radius 1 is 0.867 bits per heavy atom. The first kappa shape index (κ1) is 9.96. The minimum Gasteiger partial charge on any atom is -0.467 e. The Hall–Kier alpha value is -1.58. The van der Waals surface area contributed by atoms with Crippen molar-refractivity contribution in [3.05, 3.63) is 60.1 Å². The maximum absolute atomic E-state index is 5.08. The summed E-state index contributed by atoms with van der Waals surface area (Å²) in [4.78, 5) is 10.0. The Bertz CT molecular complexity index is 367. The van der Waals surface area contributed by atoms with Crippen LogP contribution in [-0.4, -0.2) is 0 Å². The zero-order valence-electron chi connectivity index (χ0n) is 8.26. The maximum Gasteiger partial charge on any atom is 0.140 e. The number of rotatable bonds is 5. The topological polar surface area (TPSA) is 31.6 Å². The van der Waals surface area contributed by atoms with E-state index in [-0.39, 0.29) is 0 Å². The van der Waals surface area contributed by atoms with Crippen LogP contribution in [0.4, 0.5) is 0 Å². The third-order valence-electron chi connectivity index (χ3n) is 1.93. The first-order chi connectivity index (χ1) is 7.45. The fourth-order valence-electron chi connectivity index (χ4n) is 1.18. The lowest BCUT2D eigenvalue weighted by Crippen LogP contribution is -1.95. The highest BCUT2D eigenvalue weighted by molar-refractivity contribution is 5.13. The molecule has 0 saturated carbocycles. The van der Waals surface area contributed by atoms with Crippen molar-refractivity contribution in [3.8, 4) is 0 Å². The van der Waals surface area contributed by atoms with Gasteiger partial charge in [0.15, 0.2) is 0 Å². The minimum absolute atomic E-state index is 0.333.